The van der Waals surface area contributed by atoms with Crippen molar-refractivity contribution in [3.8, 4) is 11.5 Å². The zero-order valence-electron chi connectivity index (χ0n) is 10.4. The third-order valence-corrected chi connectivity index (χ3v) is 2.50. The quantitative estimate of drug-likeness (QED) is 0.753. The van der Waals surface area contributed by atoms with Crippen molar-refractivity contribution in [1.82, 2.24) is 0 Å². The summed E-state index contributed by atoms with van der Waals surface area (Å²) in [7, 11) is 2.96. The third kappa shape index (κ3) is 3.48. The number of carbonyl (C=O) groups is 2. The number of carboxylic acid groups (broad SMARTS) is 1. The first-order valence-electron chi connectivity index (χ1n) is 5.56. The average molecular weight is 252 g/mol. The maximum Gasteiger partial charge on any atom is 0.303 e. The molecule has 0 aliphatic carbocycles. The van der Waals surface area contributed by atoms with Crippen LogP contribution in [0.3, 0.4) is 0 Å². The van der Waals surface area contributed by atoms with E-state index < -0.39 is 5.97 Å². The molecule has 0 unspecified atom stereocenters. The van der Waals surface area contributed by atoms with Crippen LogP contribution in [0.25, 0.3) is 0 Å². The summed E-state index contributed by atoms with van der Waals surface area (Å²) in [6.07, 6.45) is 0.475. The zero-order chi connectivity index (χ0) is 13.5. The van der Waals surface area contributed by atoms with Gasteiger partial charge in [-0.3, -0.25) is 9.59 Å². The summed E-state index contributed by atoms with van der Waals surface area (Å²) in [6.45, 7) is 0. The zero-order valence-corrected chi connectivity index (χ0v) is 10.4. The molecule has 1 N–H and O–H groups in total. The molecule has 1 aromatic carbocycles. The summed E-state index contributed by atoms with van der Waals surface area (Å²) < 4.78 is 10.3. The molecule has 0 aliphatic rings. The van der Waals surface area contributed by atoms with Crippen LogP contribution in [0.15, 0.2) is 18.2 Å². The number of hydrogen-bond donors (Lipinski definition) is 1. The minimum Gasteiger partial charge on any atom is -0.493 e. The van der Waals surface area contributed by atoms with Crippen molar-refractivity contribution >= 4 is 11.8 Å². The molecule has 0 spiro atoms. The molecule has 5 nitrogen and oxygen atoms in total. The molecule has 0 saturated heterocycles. The van der Waals surface area contributed by atoms with Crippen LogP contribution in [0.5, 0.6) is 11.5 Å². The summed E-state index contributed by atoms with van der Waals surface area (Å²) >= 11 is 0. The highest BCUT2D eigenvalue weighted by atomic mass is 16.5. The lowest BCUT2D eigenvalue weighted by molar-refractivity contribution is -0.137. The van der Waals surface area contributed by atoms with Gasteiger partial charge in [-0.25, -0.2) is 0 Å². The van der Waals surface area contributed by atoms with Crippen molar-refractivity contribution in [2.75, 3.05) is 14.2 Å². The molecule has 0 amide bonds. The van der Waals surface area contributed by atoms with Gasteiger partial charge in [-0.15, -0.1) is 0 Å². The van der Waals surface area contributed by atoms with E-state index in [1.54, 1.807) is 18.2 Å². The van der Waals surface area contributed by atoms with Gasteiger partial charge in [-0.2, -0.15) is 0 Å². The topological polar surface area (TPSA) is 72.8 Å². The molecule has 0 fully saturated rings. The molecule has 0 atom stereocenters. The highest BCUT2D eigenvalue weighted by molar-refractivity contribution is 5.99. The summed E-state index contributed by atoms with van der Waals surface area (Å²) in [5.74, 6) is -0.172. The molecular weight excluding hydrogens is 236 g/mol. The molecule has 0 radical (unpaired) electrons. The van der Waals surface area contributed by atoms with Crippen LogP contribution < -0.4 is 9.47 Å². The number of methoxy groups -OCH3 is 2. The Morgan fingerprint density at radius 3 is 2.44 bits per heavy atom. The smallest absolute Gasteiger partial charge is 0.303 e. The predicted octanol–water partition coefficient (Wildman–Crippen LogP) is 2.14. The summed E-state index contributed by atoms with van der Waals surface area (Å²) in [4.78, 5) is 22.3. The van der Waals surface area contributed by atoms with Crippen molar-refractivity contribution in [2.45, 2.75) is 19.3 Å². The molecule has 0 saturated carbocycles. The first kappa shape index (κ1) is 14.0. The van der Waals surface area contributed by atoms with Crippen LogP contribution in [-0.2, 0) is 4.79 Å². The van der Waals surface area contributed by atoms with Crippen molar-refractivity contribution in [3.63, 3.8) is 0 Å². The Labute approximate surface area is 105 Å². The van der Waals surface area contributed by atoms with E-state index in [1.807, 2.05) is 0 Å². The van der Waals surface area contributed by atoms with Gasteiger partial charge in [0.2, 0.25) is 0 Å². The maximum atomic E-state index is 11.9. The second-order valence-electron chi connectivity index (χ2n) is 3.71. The van der Waals surface area contributed by atoms with E-state index in [9.17, 15) is 9.59 Å². The monoisotopic (exact) mass is 252 g/mol. The minimum absolute atomic E-state index is 0.0158. The third-order valence-electron chi connectivity index (χ3n) is 2.50. The normalized spacial score (nSPS) is 9.89. The number of carboxylic acids is 1. The van der Waals surface area contributed by atoms with E-state index in [4.69, 9.17) is 14.6 Å². The number of carbonyl (C=O) groups excluding carboxylic acids is 1. The number of hydrogen-bond acceptors (Lipinski definition) is 4. The summed E-state index contributed by atoms with van der Waals surface area (Å²) in [6, 6.07) is 5.04. The van der Waals surface area contributed by atoms with Gasteiger partial charge in [-0.1, -0.05) is 6.07 Å². The first-order chi connectivity index (χ1) is 8.60. The Kier molecular flexibility index (Phi) is 5.17. The van der Waals surface area contributed by atoms with Crippen LogP contribution in [0, 0.1) is 0 Å². The largest absolute Gasteiger partial charge is 0.493 e. The molecule has 18 heavy (non-hydrogen) atoms. The van der Waals surface area contributed by atoms with Crippen LogP contribution in [0.2, 0.25) is 0 Å². The second kappa shape index (κ2) is 6.64. The highest BCUT2D eigenvalue weighted by Gasteiger charge is 2.16. The fourth-order valence-corrected chi connectivity index (χ4v) is 1.64. The number of ether oxygens (including phenoxy) is 2. The van der Waals surface area contributed by atoms with E-state index in [2.05, 4.69) is 0 Å². The van der Waals surface area contributed by atoms with E-state index >= 15 is 0 Å². The van der Waals surface area contributed by atoms with Gasteiger partial charge in [-0.05, 0) is 18.6 Å². The van der Waals surface area contributed by atoms with Gasteiger partial charge >= 0.3 is 5.97 Å². The lowest BCUT2D eigenvalue weighted by atomic mass is 10.0. The molecule has 0 aromatic heterocycles. The molecule has 0 heterocycles. The number of benzene rings is 1. The van der Waals surface area contributed by atoms with Gasteiger partial charge in [0.1, 0.15) is 0 Å². The summed E-state index contributed by atoms with van der Waals surface area (Å²) in [5.41, 5.74) is 0.419. The Bertz CT molecular complexity index is 439. The molecular formula is C13H16O5. The van der Waals surface area contributed by atoms with Gasteiger partial charge in [0.25, 0.3) is 0 Å². The molecule has 1 aromatic rings. The Morgan fingerprint density at radius 2 is 1.89 bits per heavy atom. The van der Waals surface area contributed by atoms with Crippen molar-refractivity contribution < 1.29 is 24.2 Å². The molecule has 1 rings (SSSR count). The van der Waals surface area contributed by atoms with Crippen LogP contribution in [0.4, 0.5) is 0 Å². The van der Waals surface area contributed by atoms with Crippen LogP contribution in [-0.4, -0.2) is 31.1 Å². The van der Waals surface area contributed by atoms with Crippen molar-refractivity contribution in [3.05, 3.63) is 23.8 Å². The van der Waals surface area contributed by atoms with E-state index in [1.165, 1.54) is 14.2 Å². The fourth-order valence-electron chi connectivity index (χ4n) is 1.64. The molecule has 0 bridgehead atoms. The van der Waals surface area contributed by atoms with Crippen LogP contribution >= 0.6 is 0 Å². The second-order valence-corrected chi connectivity index (χ2v) is 3.71. The van der Waals surface area contributed by atoms with Gasteiger partial charge < -0.3 is 14.6 Å². The van der Waals surface area contributed by atoms with E-state index in [0.29, 0.717) is 23.5 Å². The first-order valence-corrected chi connectivity index (χ1v) is 5.56. The highest BCUT2D eigenvalue weighted by Crippen LogP contribution is 2.31. The molecule has 98 valence electrons. The van der Waals surface area contributed by atoms with Crippen molar-refractivity contribution in [1.29, 1.82) is 0 Å². The van der Waals surface area contributed by atoms with Crippen molar-refractivity contribution in [2.24, 2.45) is 0 Å². The standard InChI is InChI=1S/C13H16O5/c1-17-11-7-3-5-9(13(11)18-2)10(14)6-4-8-12(15)16/h3,5,7H,4,6,8H2,1-2H3,(H,15,16). The number of aliphatic carboxylic acids is 1. The number of para-hydroxylation sites is 1. The lowest BCUT2D eigenvalue weighted by Gasteiger charge is -2.11. The molecule has 5 heteroatoms. The number of rotatable bonds is 7. The van der Waals surface area contributed by atoms with Gasteiger partial charge in [0.05, 0.1) is 19.8 Å². The predicted molar refractivity (Wildman–Crippen MR) is 65.4 cm³/mol. The maximum absolute atomic E-state index is 11.9. The Morgan fingerprint density at radius 1 is 1.17 bits per heavy atom. The minimum atomic E-state index is -0.902. The average Bonchev–Trinajstić information content (AvgIpc) is 2.36. The molecule has 0 aliphatic heterocycles. The Balaban J connectivity index is 2.81. The van der Waals surface area contributed by atoms with E-state index in [0.717, 1.165) is 0 Å². The lowest BCUT2D eigenvalue weighted by Crippen LogP contribution is -2.05. The summed E-state index contributed by atoms with van der Waals surface area (Å²) in [5, 5.41) is 8.52. The fraction of sp³-hybridized carbons (Fsp3) is 0.385. The Hall–Kier alpha value is -2.04. The van der Waals surface area contributed by atoms with Gasteiger partial charge in [0.15, 0.2) is 17.3 Å². The van der Waals surface area contributed by atoms with Gasteiger partial charge in [0, 0.05) is 12.8 Å². The SMILES string of the molecule is COc1cccc(C(=O)CCCC(=O)O)c1OC. The number of Topliss-reactive ketones (excluding diaryl/α,β-unsaturated/α-hetero) is 1. The van der Waals surface area contributed by atoms with Crippen LogP contribution in [0.1, 0.15) is 29.6 Å². The number of ketones is 1. The van der Waals surface area contributed by atoms with E-state index in [-0.39, 0.29) is 18.6 Å².